The maximum absolute atomic E-state index is 6.19. The van der Waals surface area contributed by atoms with Crippen LogP contribution in [0.4, 0.5) is 0 Å². The fourth-order valence-electron chi connectivity index (χ4n) is 2.15. The van der Waals surface area contributed by atoms with Crippen molar-refractivity contribution in [1.82, 2.24) is 14.8 Å². The van der Waals surface area contributed by atoms with E-state index in [1.165, 1.54) is 6.42 Å². The fourth-order valence-corrected chi connectivity index (χ4v) is 2.44. The molecule has 1 atom stereocenters. The van der Waals surface area contributed by atoms with Crippen LogP contribution in [-0.2, 0) is 0 Å². The van der Waals surface area contributed by atoms with E-state index >= 15 is 0 Å². The lowest BCUT2D eigenvalue weighted by atomic mass is 10.0. The van der Waals surface area contributed by atoms with Gasteiger partial charge in [0.25, 0.3) is 0 Å². The molecule has 0 radical (unpaired) electrons. The van der Waals surface area contributed by atoms with Gasteiger partial charge in [0.1, 0.15) is 0 Å². The average Bonchev–Trinajstić information content (AvgIpc) is 2.79. The normalized spacial score (nSPS) is 12.9. The van der Waals surface area contributed by atoms with Gasteiger partial charge in [-0.2, -0.15) is 0 Å². The van der Waals surface area contributed by atoms with Gasteiger partial charge >= 0.3 is 0 Å². The molecular weight excluding hydrogens is 258 g/mol. The van der Waals surface area contributed by atoms with Crippen LogP contribution in [0.1, 0.15) is 39.7 Å². The van der Waals surface area contributed by atoms with E-state index in [1.54, 1.807) is 0 Å². The zero-order valence-corrected chi connectivity index (χ0v) is 12.4. The summed E-state index contributed by atoms with van der Waals surface area (Å²) < 4.78 is 2.03. The summed E-state index contributed by atoms with van der Waals surface area (Å²) in [5.41, 5.74) is 1.05. The topological polar surface area (TPSA) is 30.7 Å². The van der Waals surface area contributed by atoms with Crippen LogP contribution in [0.15, 0.2) is 30.3 Å². The lowest BCUT2D eigenvalue weighted by molar-refractivity contribution is 0.441. The molecule has 0 aliphatic heterocycles. The first-order valence-electron chi connectivity index (χ1n) is 6.75. The van der Waals surface area contributed by atoms with Gasteiger partial charge in [-0.05, 0) is 37.3 Å². The second-order valence-electron chi connectivity index (χ2n) is 5.35. The molecule has 19 heavy (non-hydrogen) atoms. The molecule has 0 aliphatic rings. The molecule has 0 saturated carbocycles. The number of hydrogen-bond acceptors (Lipinski definition) is 2. The van der Waals surface area contributed by atoms with E-state index in [0.29, 0.717) is 17.2 Å². The minimum absolute atomic E-state index is 0.306. The van der Waals surface area contributed by atoms with Crippen molar-refractivity contribution in [3.8, 4) is 11.4 Å². The predicted molar refractivity (Wildman–Crippen MR) is 79.3 cm³/mol. The van der Waals surface area contributed by atoms with Gasteiger partial charge in [0.05, 0.1) is 0 Å². The van der Waals surface area contributed by atoms with Crippen LogP contribution in [0.5, 0.6) is 0 Å². The molecule has 2 aromatic rings. The lowest BCUT2D eigenvalue weighted by Crippen LogP contribution is -2.08. The zero-order valence-electron chi connectivity index (χ0n) is 11.7. The number of halogens is 1. The number of aromatic nitrogens is 3. The second kappa shape index (κ2) is 6.20. The van der Waals surface area contributed by atoms with Crippen molar-refractivity contribution in [1.29, 1.82) is 0 Å². The first-order chi connectivity index (χ1) is 9.09. The van der Waals surface area contributed by atoms with E-state index in [2.05, 4.69) is 31.0 Å². The molecule has 0 aliphatic carbocycles. The Hall–Kier alpha value is -1.35. The molecule has 0 N–H and O–H groups in total. The summed E-state index contributed by atoms with van der Waals surface area (Å²) >= 11 is 6.19. The van der Waals surface area contributed by atoms with Gasteiger partial charge in [0.15, 0.2) is 5.82 Å². The van der Waals surface area contributed by atoms with Gasteiger partial charge in [-0.1, -0.05) is 44.2 Å². The standard InChI is InChI=1S/C15H20ClN3/c1-11(2)9-10-12(3)19-14(17-18-15(19)16)13-7-5-4-6-8-13/h4-8,11-12H,9-10H2,1-3H3. The Kier molecular flexibility index (Phi) is 4.59. The van der Waals surface area contributed by atoms with Crippen molar-refractivity contribution in [2.75, 3.05) is 0 Å². The SMILES string of the molecule is CC(C)CCC(C)n1c(Cl)nnc1-c1ccccc1. The number of nitrogens with zero attached hydrogens (tertiary/aromatic N) is 3. The highest BCUT2D eigenvalue weighted by Crippen LogP contribution is 2.27. The van der Waals surface area contributed by atoms with E-state index in [-0.39, 0.29) is 0 Å². The summed E-state index contributed by atoms with van der Waals surface area (Å²) in [7, 11) is 0. The summed E-state index contributed by atoms with van der Waals surface area (Å²) in [6.45, 7) is 6.64. The quantitative estimate of drug-likeness (QED) is 0.800. The monoisotopic (exact) mass is 277 g/mol. The Morgan fingerprint density at radius 1 is 1.05 bits per heavy atom. The molecule has 0 amide bonds. The van der Waals surface area contributed by atoms with Crippen molar-refractivity contribution in [3.63, 3.8) is 0 Å². The third kappa shape index (κ3) is 3.35. The summed E-state index contributed by atoms with van der Waals surface area (Å²) in [5.74, 6) is 1.54. The van der Waals surface area contributed by atoms with Crippen LogP contribution >= 0.6 is 11.6 Å². The van der Waals surface area contributed by atoms with Crippen LogP contribution in [0.25, 0.3) is 11.4 Å². The number of hydrogen-bond donors (Lipinski definition) is 0. The highest BCUT2D eigenvalue weighted by atomic mass is 35.5. The molecule has 3 nitrogen and oxygen atoms in total. The van der Waals surface area contributed by atoms with Crippen molar-refractivity contribution < 1.29 is 0 Å². The predicted octanol–water partition coefficient (Wildman–Crippen LogP) is 4.60. The van der Waals surface area contributed by atoms with Gasteiger partial charge in [-0.3, -0.25) is 4.57 Å². The highest BCUT2D eigenvalue weighted by Gasteiger charge is 2.17. The van der Waals surface area contributed by atoms with Crippen LogP contribution in [-0.4, -0.2) is 14.8 Å². The van der Waals surface area contributed by atoms with Crippen molar-refractivity contribution in [2.24, 2.45) is 5.92 Å². The van der Waals surface area contributed by atoms with E-state index in [1.807, 2.05) is 34.9 Å². The summed E-state index contributed by atoms with van der Waals surface area (Å²) in [6, 6.07) is 10.4. The zero-order chi connectivity index (χ0) is 13.8. The molecule has 1 aromatic heterocycles. The Morgan fingerprint density at radius 3 is 2.37 bits per heavy atom. The van der Waals surface area contributed by atoms with E-state index in [9.17, 15) is 0 Å². The minimum Gasteiger partial charge on any atom is -0.295 e. The van der Waals surface area contributed by atoms with E-state index < -0.39 is 0 Å². The molecule has 1 unspecified atom stereocenters. The maximum Gasteiger partial charge on any atom is 0.225 e. The Bertz CT molecular complexity index is 519. The molecular formula is C15H20ClN3. The molecule has 4 heteroatoms. The molecule has 0 fully saturated rings. The third-order valence-electron chi connectivity index (χ3n) is 3.29. The minimum atomic E-state index is 0.306. The van der Waals surface area contributed by atoms with Gasteiger partial charge in [0.2, 0.25) is 5.28 Å². The summed E-state index contributed by atoms with van der Waals surface area (Å²) in [4.78, 5) is 0. The number of benzene rings is 1. The Labute approximate surface area is 119 Å². The van der Waals surface area contributed by atoms with E-state index in [4.69, 9.17) is 11.6 Å². The average molecular weight is 278 g/mol. The van der Waals surface area contributed by atoms with Crippen LogP contribution in [0.2, 0.25) is 5.28 Å². The van der Waals surface area contributed by atoms with Crippen molar-refractivity contribution in [2.45, 2.75) is 39.7 Å². The summed E-state index contributed by atoms with van der Waals surface area (Å²) in [5, 5.41) is 8.70. The van der Waals surface area contributed by atoms with E-state index in [0.717, 1.165) is 17.8 Å². The maximum atomic E-state index is 6.19. The molecule has 0 spiro atoms. The second-order valence-corrected chi connectivity index (χ2v) is 5.69. The Morgan fingerprint density at radius 2 is 1.74 bits per heavy atom. The first kappa shape index (κ1) is 14.1. The van der Waals surface area contributed by atoms with Crippen molar-refractivity contribution >= 4 is 11.6 Å². The first-order valence-corrected chi connectivity index (χ1v) is 7.13. The molecule has 0 saturated heterocycles. The number of rotatable bonds is 5. The Balaban J connectivity index is 2.28. The van der Waals surface area contributed by atoms with Crippen molar-refractivity contribution in [3.05, 3.63) is 35.6 Å². The molecule has 0 bridgehead atoms. The highest BCUT2D eigenvalue weighted by molar-refractivity contribution is 6.28. The van der Waals surface area contributed by atoms with Gasteiger partial charge in [-0.15, -0.1) is 10.2 Å². The molecule has 1 aromatic carbocycles. The molecule has 102 valence electrons. The third-order valence-corrected chi connectivity index (χ3v) is 3.55. The van der Waals surface area contributed by atoms with Gasteiger partial charge in [-0.25, -0.2) is 0 Å². The van der Waals surface area contributed by atoms with Crippen LogP contribution in [0.3, 0.4) is 0 Å². The fraction of sp³-hybridized carbons (Fsp3) is 0.467. The van der Waals surface area contributed by atoms with Gasteiger partial charge < -0.3 is 0 Å². The van der Waals surface area contributed by atoms with Gasteiger partial charge in [0, 0.05) is 11.6 Å². The smallest absolute Gasteiger partial charge is 0.225 e. The summed E-state index contributed by atoms with van der Waals surface area (Å²) in [6.07, 6.45) is 2.25. The van der Waals surface area contributed by atoms with Crippen LogP contribution < -0.4 is 0 Å². The lowest BCUT2D eigenvalue weighted by Gasteiger charge is -2.17. The molecule has 1 heterocycles. The molecule has 2 rings (SSSR count). The largest absolute Gasteiger partial charge is 0.295 e. The van der Waals surface area contributed by atoms with Crippen LogP contribution in [0, 0.1) is 5.92 Å².